The molecule has 14 heavy (non-hydrogen) atoms. The van der Waals surface area contributed by atoms with Gasteiger partial charge in [0.1, 0.15) is 0 Å². The zero-order valence-corrected chi connectivity index (χ0v) is 7.64. The summed E-state index contributed by atoms with van der Waals surface area (Å²) in [5.74, 6) is -0.720. The highest BCUT2D eigenvalue weighted by Crippen LogP contribution is 2.46. The third-order valence-electron chi connectivity index (χ3n) is 2.65. The Morgan fingerprint density at radius 3 is 2.36 bits per heavy atom. The molecule has 1 aromatic carbocycles. The maximum absolute atomic E-state index is 9.54. The molecule has 1 fully saturated rings. The number of benzene rings is 1. The zero-order chi connectivity index (χ0) is 10.3. The van der Waals surface area contributed by atoms with Gasteiger partial charge in [-0.15, -0.1) is 0 Å². The van der Waals surface area contributed by atoms with E-state index in [0.717, 1.165) is 12.8 Å². The van der Waals surface area contributed by atoms with Crippen LogP contribution in [0.15, 0.2) is 12.1 Å². The van der Waals surface area contributed by atoms with E-state index in [2.05, 4.69) is 0 Å². The smallest absolute Gasteiger partial charge is 0.200 e. The van der Waals surface area contributed by atoms with Gasteiger partial charge in [-0.25, -0.2) is 0 Å². The van der Waals surface area contributed by atoms with Crippen LogP contribution in [0.5, 0.6) is 17.2 Å². The third-order valence-corrected chi connectivity index (χ3v) is 2.65. The molecule has 4 heteroatoms. The summed E-state index contributed by atoms with van der Waals surface area (Å²) in [4.78, 5) is 0. The lowest BCUT2D eigenvalue weighted by atomic mass is 10.0. The molecule has 5 N–H and O–H groups in total. The third kappa shape index (κ3) is 1.37. The maximum Gasteiger partial charge on any atom is 0.200 e. The minimum absolute atomic E-state index is 0.249. The highest BCUT2D eigenvalue weighted by atomic mass is 16.3. The highest BCUT2D eigenvalue weighted by Gasteiger charge is 2.31. The van der Waals surface area contributed by atoms with E-state index in [1.165, 1.54) is 6.07 Å². The average molecular weight is 195 g/mol. The Balaban J connectivity index is 2.38. The second-order valence-corrected chi connectivity index (χ2v) is 3.73. The van der Waals surface area contributed by atoms with Gasteiger partial charge < -0.3 is 21.1 Å². The molecular formula is C10H13NO3. The molecule has 0 aliphatic heterocycles. The molecule has 76 valence electrons. The molecular weight excluding hydrogens is 182 g/mol. The van der Waals surface area contributed by atoms with Crippen LogP contribution in [0.3, 0.4) is 0 Å². The molecule has 0 aromatic heterocycles. The molecule has 0 heterocycles. The Morgan fingerprint density at radius 2 is 1.79 bits per heavy atom. The van der Waals surface area contributed by atoms with Crippen LogP contribution >= 0.6 is 0 Å². The van der Waals surface area contributed by atoms with Crippen LogP contribution in [0.2, 0.25) is 0 Å². The first-order valence-corrected chi connectivity index (χ1v) is 4.60. The maximum atomic E-state index is 9.54. The summed E-state index contributed by atoms with van der Waals surface area (Å²) in [5.41, 5.74) is 6.37. The molecule has 1 aliphatic rings. The molecule has 0 amide bonds. The second-order valence-electron chi connectivity index (χ2n) is 3.73. The van der Waals surface area contributed by atoms with Gasteiger partial charge in [-0.2, -0.15) is 0 Å². The van der Waals surface area contributed by atoms with E-state index in [9.17, 15) is 10.2 Å². The van der Waals surface area contributed by atoms with Crippen LogP contribution in [0.25, 0.3) is 0 Å². The monoisotopic (exact) mass is 195 g/mol. The predicted octanol–water partition coefficient (Wildman–Crippen LogP) is 1.21. The molecule has 1 aromatic rings. The number of phenols is 3. The van der Waals surface area contributed by atoms with Crippen molar-refractivity contribution in [2.45, 2.75) is 18.9 Å². The Kier molecular flexibility index (Phi) is 2.00. The van der Waals surface area contributed by atoms with Crippen molar-refractivity contribution in [3.63, 3.8) is 0 Å². The van der Waals surface area contributed by atoms with E-state index < -0.39 is 5.75 Å². The van der Waals surface area contributed by atoms with Crippen molar-refractivity contribution in [3.05, 3.63) is 17.7 Å². The Bertz CT molecular complexity index is 361. The Morgan fingerprint density at radius 1 is 1.14 bits per heavy atom. The van der Waals surface area contributed by atoms with Crippen LogP contribution in [-0.2, 0) is 0 Å². The number of hydrogen-bond donors (Lipinski definition) is 4. The minimum atomic E-state index is -0.487. The summed E-state index contributed by atoms with van der Waals surface area (Å²) in [6, 6.07) is 2.64. The lowest BCUT2D eigenvalue weighted by Gasteiger charge is -2.13. The Hall–Kier alpha value is -1.42. The summed E-state index contributed by atoms with van der Waals surface area (Å²) in [6.45, 7) is 0. The zero-order valence-electron chi connectivity index (χ0n) is 7.64. The van der Waals surface area contributed by atoms with E-state index in [-0.39, 0.29) is 17.5 Å². The van der Waals surface area contributed by atoms with Crippen molar-refractivity contribution in [1.82, 2.24) is 0 Å². The summed E-state index contributed by atoms with van der Waals surface area (Å²) in [5, 5.41) is 27.9. The van der Waals surface area contributed by atoms with Crippen molar-refractivity contribution in [3.8, 4) is 17.2 Å². The first-order valence-electron chi connectivity index (χ1n) is 4.60. The number of phenolic OH excluding ortho intramolecular Hbond substituents is 3. The quantitative estimate of drug-likeness (QED) is 0.534. The minimum Gasteiger partial charge on any atom is -0.504 e. The first kappa shape index (κ1) is 9.15. The summed E-state index contributed by atoms with van der Waals surface area (Å²) < 4.78 is 0. The molecule has 1 saturated carbocycles. The summed E-state index contributed by atoms with van der Waals surface area (Å²) in [7, 11) is 0. The molecule has 0 radical (unpaired) electrons. The average Bonchev–Trinajstić information content (AvgIpc) is 2.97. The van der Waals surface area contributed by atoms with Gasteiger partial charge in [0.05, 0.1) is 0 Å². The van der Waals surface area contributed by atoms with Gasteiger partial charge >= 0.3 is 0 Å². The molecule has 0 spiro atoms. The molecule has 2 rings (SSSR count). The molecule has 0 saturated heterocycles. The van der Waals surface area contributed by atoms with Crippen LogP contribution in [-0.4, -0.2) is 15.3 Å². The largest absolute Gasteiger partial charge is 0.504 e. The molecule has 1 aliphatic carbocycles. The normalized spacial score (nSPS) is 18.1. The second kappa shape index (κ2) is 3.06. The van der Waals surface area contributed by atoms with Gasteiger partial charge in [0.2, 0.25) is 5.75 Å². The number of rotatable bonds is 2. The topological polar surface area (TPSA) is 86.7 Å². The van der Waals surface area contributed by atoms with Crippen molar-refractivity contribution in [1.29, 1.82) is 0 Å². The van der Waals surface area contributed by atoms with E-state index in [1.807, 2.05) is 0 Å². The van der Waals surface area contributed by atoms with Gasteiger partial charge in [0.25, 0.3) is 0 Å². The molecule has 0 bridgehead atoms. The molecule has 4 nitrogen and oxygen atoms in total. The highest BCUT2D eigenvalue weighted by molar-refractivity contribution is 5.54. The molecule has 0 unspecified atom stereocenters. The van der Waals surface area contributed by atoms with Crippen LogP contribution in [0.4, 0.5) is 0 Å². The van der Waals surface area contributed by atoms with Gasteiger partial charge in [0, 0.05) is 11.6 Å². The summed E-state index contributed by atoms with van der Waals surface area (Å²) in [6.07, 6.45) is 2.12. The van der Waals surface area contributed by atoms with Crippen LogP contribution < -0.4 is 5.73 Å². The van der Waals surface area contributed by atoms with Gasteiger partial charge in [-0.3, -0.25) is 0 Å². The number of aromatic hydroxyl groups is 3. The van der Waals surface area contributed by atoms with Crippen LogP contribution in [0, 0.1) is 5.92 Å². The van der Waals surface area contributed by atoms with E-state index >= 15 is 0 Å². The Labute approximate surface area is 81.6 Å². The fraction of sp³-hybridized carbons (Fsp3) is 0.400. The van der Waals surface area contributed by atoms with E-state index in [4.69, 9.17) is 10.8 Å². The van der Waals surface area contributed by atoms with Gasteiger partial charge in [0.15, 0.2) is 11.5 Å². The van der Waals surface area contributed by atoms with Crippen molar-refractivity contribution in [2.75, 3.05) is 0 Å². The van der Waals surface area contributed by atoms with Crippen molar-refractivity contribution in [2.24, 2.45) is 11.7 Å². The molecule has 1 atom stereocenters. The summed E-state index contributed by atoms with van der Waals surface area (Å²) >= 11 is 0. The van der Waals surface area contributed by atoms with E-state index in [1.54, 1.807) is 6.07 Å². The van der Waals surface area contributed by atoms with Crippen LogP contribution in [0.1, 0.15) is 24.4 Å². The first-order chi connectivity index (χ1) is 6.61. The van der Waals surface area contributed by atoms with Crippen molar-refractivity contribution >= 4 is 0 Å². The van der Waals surface area contributed by atoms with Gasteiger partial charge in [-0.05, 0) is 30.9 Å². The lowest BCUT2D eigenvalue weighted by Crippen LogP contribution is -2.12. The number of hydrogen-bond acceptors (Lipinski definition) is 4. The number of nitrogens with two attached hydrogens (primary N) is 1. The lowest BCUT2D eigenvalue weighted by molar-refractivity contribution is 0.361. The fourth-order valence-corrected chi connectivity index (χ4v) is 1.56. The van der Waals surface area contributed by atoms with E-state index in [0.29, 0.717) is 11.5 Å². The SMILES string of the molecule is N[C@@H](c1ccc(O)c(O)c1O)C1CC1. The van der Waals surface area contributed by atoms with Gasteiger partial charge in [-0.1, -0.05) is 0 Å². The predicted molar refractivity (Wildman–Crippen MR) is 51.1 cm³/mol. The van der Waals surface area contributed by atoms with Crippen molar-refractivity contribution < 1.29 is 15.3 Å². The standard InChI is InChI=1S/C10H13NO3/c11-8(5-1-2-5)6-3-4-7(12)10(14)9(6)13/h3-5,8,12-14H,1-2,11H2/t8-/m1/s1. The fourth-order valence-electron chi connectivity index (χ4n) is 1.56.